The van der Waals surface area contributed by atoms with E-state index in [1.807, 2.05) is 37.3 Å². The van der Waals surface area contributed by atoms with Crippen molar-refractivity contribution in [2.24, 2.45) is 0 Å². The minimum Gasteiger partial charge on any atom is -0.298 e. The first-order chi connectivity index (χ1) is 12.5. The normalized spacial score (nSPS) is 10.5. The van der Waals surface area contributed by atoms with Crippen molar-refractivity contribution < 1.29 is 9.72 Å². The van der Waals surface area contributed by atoms with Crippen molar-refractivity contribution in [3.63, 3.8) is 0 Å². The summed E-state index contributed by atoms with van der Waals surface area (Å²) in [4.78, 5) is 28.4. The van der Waals surface area contributed by atoms with Gasteiger partial charge in [0.1, 0.15) is 0 Å². The molecule has 0 spiro atoms. The van der Waals surface area contributed by atoms with Gasteiger partial charge in [0.2, 0.25) is 0 Å². The van der Waals surface area contributed by atoms with E-state index in [0.717, 1.165) is 28.6 Å². The van der Waals surface area contributed by atoms with Gasteiger partial charge in [-0.15, -0.1) is 11.3 Å². The lowest BCUT2D eigenvalue weighted by molar-refractivity contribution is -0.384. The fraction of sp³-hybridized carbons (Fsp3) is 0.111. The average molecular weight is 388 g/mol. The van der Waals surface area contributed by atoms with Gasteiger partial charge in [-0.05, 0) is 12.5 Å². The van der Waals surface area contributed by atoms with Crippen molar-refractivity contribution in [3.8, 4) is 11.3 Å². The predicted molar refractivity (Wildman–Crippen MR) is 103 cm³/mol. The molecular weight excluding hydrogens is 374 g/mol. The SMILES string of the molecule is CCc1sc(NC(=O)c2cc([N+](=O)[O-])ccc2Cl)nc1-c1ccccc1. The smallest absolute Gasteiger partial charge is 0.270 e. The number of non-ortho nitro benzene ring substituents is 1. The number of anilines is 1. The summed E-state index contributed by atoms with van der Waals surface area (Å²) >= 11 is 7.39. The van der Waals surface area contributed by atoms with Crippen LogP contribution in [0.1, 0.15) is 22.2 Å². The van der Waals surface area contributed by atoms with Crippen LogP contribution < -0.4 is 5.32 Å². The van der Waals surface area contributed by atoms with Crippen LogP contribution in [0.2, 0.25) is 5.02 Å². The summed E-state index contributed by atoms with van der Waals surface area (Å²) < 4.78 is 0. The molecule has 0 saturated heterocycles. The molecule has 3 rings (SSSR count). The van der Waals surface area contributed by atoms with Crippen LogP contribution in [0, 0.1) is 10.1 Å². The third-order valence-corrected chi connectivity index (χ3v) is 5.14. The highest BCUT2D eigenvalue weighted by Crippen LogP contribution is 2.32. The zero-order valence-corrected chi connectivity index (χ0v) is 15.3. The van der Waals surface area contributed by atoms with Gasteiger partial charge in [0, 0.05) is 22.6 Å². The van der Waals surface area contributed by atoms with Gasteiger partial charge in [-0.2, -0.15) is 0 Å². The van der Waals surface area contributed by atoms with Gasteiger partial charge in [-0.3, -0.25) is 20.2 Å². The number of nitro benzene ring substituents is 1. The maximum absolute atomic E-state index is 12.5. The molecule has 8 heteroatoms. The van der Waals surface area contributed by atoms with Crippen molar-refractivity contribution in [1.82, 2.24) is 4.98 Å². The van der Waals surface area contributed by atoms with E-state index in [1.54, 1.807) is 0 Å². The molecule has 26 heavy (non-hydrogen) atoms. The molecule has 1 aromatic heterocycles. The molecule has 3 aromatic rings. The molecule has 0 aliphatic heterocycles. The molecule has 0 unspecified atom stereocenters. The van der Waals surface area contributed by atoms with Gasteiger partial charge in [0.15, 0.2) is 5.13 Å². The van der Waals surface area contributed by atoms with E-state index < -0.39 is 10.8 Å². The van der Waals surface area contributed by atoms with Gasteiger partial charge in [0.05, 0.1) is 21.2 Å². The highest BCUT2D eigenvalue weighted by molar-refractivity contribution is 7.16. The summed E-state index contributed by atoms with van der Waals surface area (Å²) in [7, 11) is 0. The van der Waals surface area contributed by atoms with Crippen molar-refractivity contribution in [2.75, 3.05) is 5.32 Å². The van der Waals surface area contributed by atoms with Gasteiger partial charge < -0.3 is 0 Å². The Labute approximate surface area is 158 Å². The first-order valence-corrected chi connectivity index (χ1v) is 8.99. The molecule has 132 valence electrons. The Morgan fingerprint density at radius 1 is 1.27 bits per heavy atom. The van der Waals surface area contributed by atoms with Gasteiger partial charge in [-0.25, -0.2) is 4.98 Å². The maximum Gasteiger partial charge on any atom is 0.270 e. The number of carbonyl (C=O) groups excluding carboxylic acids is 1. The number of rotatable bonds is 5. The zero-order chi connectivity index (χ0) is 18.7. The minimum absolute atomic E-state index is 0.0374. The monoisotopic (exact) mass is 387 g/mol. The van der Waals surface area contributed by atoms with E-state index in [2.05, 4.69) is 10.3 Å². The van der Waals surface area contributed by atoms with Gasteiger partial charge in [0.25, 0.3) is 11.6 Å². The summed E-state index contributed by atoms with van der Waals surface area (Å²) in [5, 5.41) is 14.2. The number of aromatic nitrogens is 1. The number of halogens is 1. The number of amides is 1. The lowest BCUT2D eigenvalue weighted by Crippen LogP contribution is -2.12. The van der Waals surface area contributed by atoms with Crippen molar-refractivity contribution in [2.45, 2.75) is 13.3 Å². The van der Waals surface area contributed by atoms with E-state index >= 15 is 0 Å². The number of nitrogens with zero attached hydrogens (tertiary/aromatic N) is 2. The summed E-state index contributed by atoms with van der Waals surface area (Å²) in [5.41, 5.74) is 1.63. The summed E-state index contributed by atoms with van der Waals surface area (Å²) in [6.45, 7) is 2.02. The second kappa shape index (κ2) is 7.63. The molecule has 0 saturated carbocycles. The predicted octanol–water partition coefficient (Wildman–Crippen LogP) is 5.19. The molecular formula is C18H14ClN3O3S. The quantitative estimate of drug-likeness (QED) is 0.482. The van der Waals surface area contributed by atoms with Crippen LogP contribution in [0.15, 0.2) is 48.5 Å². The van der Waals surface area contributed by atoms with Gasteiger partial charge in [-0.1, -0.05) is 48.9 Å². The van der Waals surface area contributed by atoms with E-state index in [-0.39, 0.29) is 16.3 Å². The van der Waals surface area contributed by atoms with E-state index in [0.29, 0.717) is 5.13 Å². The topological polar surface area (TPSA) is 85.1 Å². The number of aryl methyl sites for hydroxylation is 1. The first kappa shape index (κ1) is 18.0. The van der Waals surface area contributed by atoms with Crippen LogP contribution in [0.25, 0.3) is 11.3 Å². The molecule has 0 fully saturated rings. The van der Waals surface area contributed by atoms with E-state index in [4.69, 9.17) is 11.6 Å². The molecule has 0 radical (unpaired) electrons. The number of nitrogens with one attached hydrogen (secondary N) is 1. The third-order valence-electron chi connectivity index (χ3n) is 3.69. The first-order valence-electron chi connectivity index (χ1n) is 7.80. The Balaban J connectivity index is 1.90. The molecule has 0 bridgehead atoms. The lowest BCUT2D eigenvalue weighted by Gasteiger charge is -2.04. The molecule has 1 heterocycles. The van der Waals surface area contributed by atoms with Crippen molar-refractivity contribution in [3.05, 3.63) is 74.1 Å². The third kappa shape index (κ3) is 3.74. The van der Waals surface area contributed by atoms with Crippen LogP contribution in [0.5, 0.6) is 0 Å². The largest absolute Gasteiger partial charge is 0.298 e. The lowest BCUT2D eigenvalue weighted by atomic mass is 10.1. The van der Waals surface area contributed by atoms with Crippen LogP contribution in [0.3, 0.4) is 0 Å². The number of hydrogen-bond donors (Lipinski definition) is 1. The van der Waals surface area contributed by atoms with E-state index in [1.165, 1.54) is 23.5 Å². The summed E-state index contributed by atoms with van der Waals surface area (Å²) in [6, 6.07) is 13.4. The minimum atomic E-state index is -0.570. The van der Waals surface area contributed by atoms with Crippen LogP contribution in [-0.2, 0) is 6.42 Å². The van der Waals surface area contributed by atoms with Crippen molar-refractivity contribution >= 4 is 39.7 Å². The molecule has 2 aromatic carbocycles. The molecule has 0 aliphatic rings. The second-order valence-electron chi connectivity index (χ2n) is 5.39. The highest BCUT2D eigenvalue weighted by atomic mass is 35.5. The number of benzene rings is 2. The molecule has 0 aliphatic carbocycles. The average Bonchev–Trinajstić information content (AvgIpc) is 3.05. The second-order valence-corrected chi connectivity index (χ2v) is 6.88. The Bertz CT molecular complexity index is 973. The summed E-state index contributed by atoms with van der Waals surface area (Å²) in [6.07, 6.45) is 0.773. The molecule has 1 amide bonds. The Morgan fingerprint density at radius 2 is 2.00 bits per heavy atom. The molecule has 0 atom stereocenters. The number of nitro groups is 1. The zero-order valence-electron chi connectivity index (χ0n) is 13.7. The Hall–Kier alpha value is -2.77. The fourth-order valence-electron chi connectivity index (χ4n) is 2.43. The van der Waals surface area contributed by atoms with Gasteiger partial charge >= 0.3 is 0 Å². The number of thiazole rings is 1. The van der Waals surface area contributed by atoms with Crippen LogP contribution in [0.4, 0.5) is 10.8 Å². The van der Waals surface area contributed by atoms with Crippen LogP contribution in [-0.4, -0.2) is 15.8 Å². The fourth-order valence-corrected chi connectivity index (χ4v) is 3.55. The van der Waals surface area contributed by atoms with E-state index in [9.17, 15) is 14.9 Å². The Morgan fingerprint density at radius 3 is 2.65 bits per heavy atom. The molecule has 1 N–H and O–H groups in total. The summed E-state index contributed by atoms with van der Waals surface area (Å²) in [5.74, 6) is -0.533. The Kier molecular flexibility index (Phi) is 5.29. The number of carbonyl (C=O) groups is 1. The van der Waals surface area contributed by atoms with Crippen molar-refractivity contribution in [1.29, 1.82) is 0 Å². The highest BCUT2D eigenvalue weighted by Gasteiger charge is 2.18. The number of hydrogen-bond acceptors (Lipinski definition) is 5. The molecule has 6 nitrogen and oxygen atoms in total. The maximum atomic E-state index is 12.5. The van der Waals surface area contributed by atoms with Crippen LogP contribution >= 0.6 is 22.9 Å². The standard InChI is InChI=1S/C18H14ClN3O3S/c1-2-15-16(11-6-4-3-5-7-11)20-18(26-15)21-17(23)13-10-12(22(24)25)8-9-14(13)19/h3-10H,2H2,1H3,(H,20,21,23).